The van der Waals surface area contributed by atoms with Gasteiger partial charge in [0.1, 0.15) is 5.75 Å². The van der Waals surface area contributed by atoms with Crippen LogP contribution < -0.4 is 10.1 Å². The standard InChI is InChI=1S/C21H36N4O2/c1-6-22-20(23-17-21(24(3)4)12-14-26-15-13-21)25(5)16-18-8-10-19(11-9-18)27-7-2/h8-11H,6-7,12-17H2,1-5H3,(H,22,23). The lowest BCUT2D eigenvalue weighted by atomic mass is 9.89. The highest BCUT2D eigenvalue weighted by Gasteiger charge is 2.34. The molecule has 27 heavy (non-hydrogen) atoms. The van der Waals surface area contributed by atoms with Gasteiger partial charge in [0, 0.05) is 38.9 Å². The predicted octanol–water partition coefficient (Wildman–Crippen LogP) is 2.59. The first-order valence-electron chi connectivity index (χ1n) is 9.97. The molecule has 1 aromatic carbocycles. The largest absolute Gasteiger partial charge is 0.494 e. The molecule has 2 rings (SSSR count). The van der Waals surface area contributed by atoms with Gasteiger partial charge in [-0.05, 0) is 58.5 Å². The molecule has 0 unspecified atom stereocenters. The predicted molar refractivity (Wildman–Crippen MR) is 112 cm³/mol. The first-order valence-corrected chi connectivity index (χ1v) is 9.97. The van der Waals surface area contributed by atoms with Gasteiger partial charge in [-0.3, -0.25) is 4.99 Å². The van der Waals surface area contributed by atoms with Crippen LogP contribution in [0, 0.1) is 0 Å². The summed E-state index contributed by atoms with van der Waals surface area (Å²) in [5, 5.41) is 3.43. The minimum absolute atomic E-state index is 0.0822. The monoisotopic (exact) mass is 376 g/mol. The molecule has 6 heteroatoms. The molecule has 0 amide bonds. The van der Waals surface area contributed by atoms with Crippen LogP contribution in [0.5, 0.6) is 5.75 Å². The van der Waals surface area contributed by atoms with Gasteiger partial charge in [-0.25, -0.2) is 0 Å². The van der Waals surface area contributed by atoms with E-state index in [1.165, 1.54) is 5.56 Å². The van der Waals surface area contributed by atoms with Crippen LogP contribution in [0.3, 0.4) is 0 Å². The summed E-state index contributed by atoms with van der Waals surface area (Å²) in [6.45, 7) is 8.85. The molecule has 0 bridgehead atoms. The van der Waals surface area contributed by atoms with Crippen molar-refractivity contribution in [2.24, 2.45) is 4.99 Å². The van der Waals surface area contributed by atoms with E-state index in [2.05, 4.69) is 55.3 Å². The first-order chi connectivity index (χ1) is 13.0. The molecule has 152 valence electrons. The van der Waals surface area contributed by atoms with Crippen molar-refractivity contribution < 1.29 is 9.47 Å². The van der Waals surface area contributed by atoms with Crippen molar-refractivity contribution in [3.63, 3.8) is 0 Å². The second kappa shape index (κ2) is 10.5. The highest BCUT2D eigenvalue weighted by Crippen LogP contribution is 2.26. The van der Waals surface area contributed by atoms with Crippen LogP contribution in [0.15, 0.2) is 29.3 Å². The summed E-state index contributed by atoms with van der Waals surface area (Å²) in [6, 6.07) is 8.29. The van der Waals surface area contributed by atoms with E-state index in [1.807, 2.05) is 19.1 Å². The Morgan fingerprint density at radius 3 is 2.37 bits per heavy atom. The number of nitrogens with zero attached hydrogens (tertiary/aromatic N) is 3. The number of ether oxygens (including phenoxy) is 2. The summed E-state index contributed by atoms with van der Waals surface area (Å²) in [4.78, 5) is 9.48. The van der Waals surface area contributed by atoms with Crippen LogP contribution in [-0.2, 0) is 11.3 Å². The maximum atomic E-state index is 5.57. The van der Waals surface area contributed by atoms with Crippen LogP contribution in [0.1, 0.15) is 32.3 Å². The molecular formula is C21H36N4O2. The molecule has 1 saturated heterocycles. The average molecular weight is 377 g/mol. The zero-order chi connectivity index (χ0) is 19.7. The smallest absolute Gasteiger partial charge is 0.194 e. The highest BCUT2D eigenvalue weighted by atomic mass is 16.5. The van der Waals surface area contributed by atoms with Crippen LogP contribution in [0.4, 0.5) is 0 Å². The molecule has 0 radical (unpaired) electrons. The first kappa shape index (κ1) is 21.5. The Labute approximate surface area is 164 Å². The van der Waals surface area contributed by atoms with Gasteiger partial charge in [0.15, 0.2) is 5.96 Å². The van der Waals surface area contributed by atoms with E-state index >= 15 is 0 Å². The Morgan fingerprint density at radius 1 is 1.15 bits per heavy atom. The third kappa shape index (κ3) is 6.11. The molecule has 6 nitrogen and oxygen atoms in total. The number of hydrogen-bond acceptors (Lipinski definition) is 4. The lowest BCUT2D eigenvalue weighted by Gasteiger charge is -2.42. The molecular weight excluding hydrogens is 340 g/mol. The van der Waals surface area contributed by atoms with E-state index in [0.29, 0.717) is 6.61 Å². The fourth-order valence-corrected chi connectivity index (χ4v) is 3.40. The summed E-state index contributed by atoms with van der Waals surface area (Å²) in [5.41, 5.74) is 1.32. The zero-order valence-electron chi connectivity index (χ0n) is 17.6. The van der Waals surface area contributed by atoms with Crippen molar-refractivity contribution in [2.75, 3.05) is 54.1 Å². The van der Waals surface area contributed by atoms with Gasteiger partial charge in [-0.1, -0.05) is 12.1 Å². The highest BCUT2D eigenvalue weighted by molar-refractivity contribution is 5.79. The molecule has 0 atom stereocenters. The Balaban J connectivity index is 2.06. The van der Waals surface area contributed by atoms with E-state index < -0.39 is 0 Å². The fraction of sp³-hybridized carbons (Fsp3) is 0.667. The molecule has 0 saturated carbocycles. The minimum atomic E-state index is 0.0822. The molecule has 0 aliphatic carbocycles. The Morgan fingerprint density at radius 2 is 1.81 bits per heavy atom. The van der Waals surface area contributed by atoms with Crippen LogP contribution in [0.25, 0.3) is 0 Å². The summed E-state index contributed by atoms with van der Waals surface area (Å²) >= 11 is 0. The number of nitrogens with one attached hydrogen (secondary N) is 1. The average Bonchev–Trinajstić information content (AvgIpc) is 2.67. The molecule has 1 fully saturated rings. The van der Waals surface area contributed by atoms with Gasteiger partial charge in [0.25, 0.3) is 0 Å². The third-order valence-corrected chi connectivity index (χ3v) is 5.25. The van der Waals surface area contributed by atoms with Crippen molar-refractivity contribution >= 4 is 5.96 Å². The van der Waals surface area contributed by atoms with Crippen molar-refractivity contribution in [1.82, 2.24) is 15.1 Å². The Kier molecular flexibility index (Phi) is 8.38. The number of rotatable bonds is 8. The molecule has 0 spiro atoms. The normalized spacial score (nSPS) is 17.0. The van der Waals surface area contributed by atoms with Gasteiger partial charge in [0.2, 0.25) is 0 Å². The SMILES string of the molecule is CCNC(=NCC1(N(C)C)CCOCC1)N(C)Cc1ccc(OCC)cc1. The van der Waals surface area contributed by atoms with E-state index in [1.54, 1.807) is 0 Å². The number of aliphatic imine (C=N–C) groups is 1. The third-order valence-electron chi connectivity index (χ3n) is 5.25. The van der Waals surface area contributed by atoms with Gasteiger partial charge >= 0.3 is 0 Å². The van der Waals surface area contributed by atoms with Gasteiger partial charge < -0.3 is 24.6 Å². The van der Waals surface area contributed by atoms with Crippen LogP contribution in [0.2, 0.25) is 0 Å². The summed E-state index contributed by atoms with van der Waals surface area (Å²) < 4.78 is 11.1. The molecule has 1 aliphatic rings. The molecule has 0 aromatic heterocycles. The maximum Gasteiger partial charge on any atom is 0.194 e. The Hall–Kier alpha value is -1.79. The molecule has 1 aliphatic heterocycles. The maximum absolute atomic E-state index is 5.57. The molecule has 1 N–H and O–H groups in total. The van der Waals surface area contributed by atoms with Crippen LogP contribution in [-0.4, -0.2) is 75.4 Å². The quantitative estimate of drug-likeness (QED) is 0.558. The van der Waals surface area contributed by atoms with Crippen molar-refractivity contribution in [1.29, 1.82) is 0 Å². The number of likely N-dealkylation sites (N-methyl/N-ethyl adjacent to an activating group) is 1. The number of guanidine groups is 1. The molecule has 1 aromatic rings. The summed E-state index contributed by atoms with van der Waals surface area (Å²) in [7, 11) is 6.39. The number of benzene rings is 1. The summed E-state index contributed by atoms with van der Waals surface area (Å²) in [5.74, 6) is 1.86. The second-order valence-electron chi connectivity index (χ2n) is 7.33. The van der Waals surface area contributed by atoms with E-state index in [-0.39, 0.29) is 5.54 Å². The van der Waals surface area contributed by atoms with E-state index in [4.69, 9.17) is 14.5 Å². The lowest BCUT2D eigenvalue weighted by Crippen LogP contribution is -2.51. The fourth-order valence-electron chi connectivity index (χ4n) is 3.40. The molecule has 1 heterocycles. The van der Waals surface area contributed by atoms with Gasteiger partial charge in [-0.2, -0.15) is 0 Å². The summed E-state index contributed by atoms with van der Waals surface area (Å²) in [6.07, 6.45) is 2.04. The lowest BCUT2D eigenvalue weighted by molar-refractivity contribution is -0.00263. The van der Waals surface area contributed by atoms with Crippen molar-refractivity contribution in [2.45, 2.75) is 38.8 Å². The number of hydrogen-bond donors (Lipinski definition) is 1. The van der Waals surface area contributed by atoms with Crippen molar-refractivity contribution in [3.05, 3.63) is 29.8 Å². The van der Waals surface area contributed by atoms with E-state index in [0.717, 1.165) is 57.4 Å². The minimum Gasteiger partial charge on any atom is -0.494 e. The zero-order valence-corrected chi connectivity index (χ0v) is 17.6. The second-order valence-corrected chi connectivity index (χ2v) is 7.33. The van der Waals surface area contributed by atoms with Gasteiger partial charge in [-0.15, -0.1) is 0 Å². The van der Waals surface area contributed by atoms with Crippen LogP contribution >= 0.6 is 0 Å². The van der Waals surface area contributed by atoms with Crippen molar-refractivity contribution in [3.8, 4) is 5.75 Å². The topological polar surface area (TPSA) is 49.3 Å². The van der Waals surface area contributed by atoms with E-state index in [9.17, 15) is 0 Å². The van der Waals surface area contributed by atoms with Gasteiger partial charge in [0.05, 0.1) is 13.2 Å². The Bertz CT molecular complexity index is 580.